The molecule has 96 valence electrons. The van der Waals surface area contributed by atoms with E-state index in [-0.39, 0.29) is 24.6 Å². The molecule has 0 saturated carbocycles. The average molecular weight is 248 g/mol. The normalized spacial score (nSPS) is 10.9. The first-order valence-electron chi connectivity index (χ1n) is 5.67. The highest BCUT2D eigenvalue weighted by Crippen LogP contribution is 2.10. The molecule has 0 N–H and O–H groups in total. The lowest BCUT2D eigenvalue weighted by Gasteiger charge is -2.05. The van der Waals surface area contributed by atoms with E-state index in [1.165, 1.54) is 7.11 Å². The first-order chi connectivity index (χ1) is 8.67. The minimum atomic E-state index is -0.543. The van der Waals surface area contributed by atoms with E-state index >= 15 is 0 Å². The van der Waals surface area contributed by atoms with Crippen LogP contribution in [0.2, 0.25) is 0 Å². The molecule has 0 aliphatic rings. The Morgan fingerprint density at radius 2 is 1.89 bits per heavy atom. The molecule has 18 heavy (non-hydrogen) atoms. The fourth-order valence-corrected chi connectivity index (χ4v) is 1.38. The Morgan fingerprint density at radius 3 is 2.44 bits per heavy atom. The highest BCUT2D eigenvalue weighted by atomic mass is 16.5. The number of esters is 1. The fraction of sp³-hybridized carbons (Fsp3) is 0.286. The standard InChI is InChI=1S/C14H16O4/c1-3-18-14(16)10-12(15)13(17-2)9-11-7-5-4-6-8-11/h4-9H,3,10H2,1-2H3. The SMILES string of the molecule is CCOC(=O)CC(=O)C(=Cc1ccccc1)OC. The van der Waals surface area contributed by atoms with Gasteiger partial charge in [0.25, 0.3) is 0 Å². The third-order valence-electron chi connectivity index (χ3n) is 2.20. The molecule has 4 nitrogen and oxygen atoms in total. The molecule has 0 aromatic heterocycles. The summed E-state index contributed by atoms with van der Waals surface area (Å²) in [5.41, 5.74) is 0.839. The van der Waals surface area contributed by atoms with Crippen LogP contribution in [0.4, 0.5) is 0 Å². The van der Waals surface area contributed by atoms with Crippen molar-refractivity contribution in [2.24, 2.45) is 0 Å². The van der Waals surface area contributed by atoms with Gasteiger partial charge < -0.3 is 9.47 Å². The van der Waals surface area contributed by atoms with E-state index < -0.39 is 5.97 Å². The average Bonchev–Trinajstić information content (AvgIpc) is 2.37. The smallest absolute Gasteiger partial charge is 0.313 e. The van der Waals surface area contributed by atoms with Crippen LogP contribution in [-0.4, -0.2) is 25.5 Å². The molecule has 0 aliphatic heterocycles. The molecule has 0 atom stereocenters. The summed E-state index contributed by atoms with van der Waals surface area (Å²) in [5.74, 6) is -0.785. The number of hydrogen-bond acceptors (Lipinski definition) is 4. The number of carbonyl (C=O) groups is 2. The minimum Gasteiger partial charge on any atom is -0.493 e. The van der Waals surface area contributed by atoms with Crippen LogP contribution >= 0.6 is 0 Å². The molecular formula is C14H16O4. The van der Waals surface area contributed by atoms with Gasteiger partial charge in [-0.2, -0.15) is 0 Å². The minimum absolute atomic E-state index is 0.147. The Balaban J connectivity index is 2.74. The molecule has 4 heteroatoms. The van der Waals surface area contributed by atoms with Crippen molar-refractivity contribution in [3.8, 4) is 0 Å². The quantitative estimate of drug-likeness (QED) is 0.335. The number of methoxy groups -OCH3 is 1. The summed E-state index contributed by atoms with van der Waals surface area (Å²) in [7, 11) is 1.40. The first kappa shape index (κ1) is 14.0. The second kappa shape index (κ2) is 7.27. The van der Waals surface area contributed by atoms with Crippen LogP contribution in [-0.2, 0) is 19.1 Å². The maximum absolute atomic E-state index is 11.8. The van der Waals surface area contributed by atoms with E-state index in [9.17, 15) is 9.59 Å². The summed E-state index contributed by atoms with van der Waals surface area (Å²) < 4.78 is 9.71. The summed E-state index contributed by atoms with van der Waals surface area (Å²) in [5, 5.41) is 0. The number of allylic oxidation sites excluding steroid dienone is 1. The second-order valence-corrected chi connectivity index (χ2v) is 3.53. The van der Waals surface area contributed by atoms with Gasteiger partial charge in [0.15, 0.2) is 5.76 Å². The van der Waals surface area contributed by atoms with Gasteiger partial charge >= 0.3 is 5.97 Å². The van der Waals surface area contributed by atoms with Gasteiger partial charge in [-0.25, -0.2) is 0 Å². The van der Waals surface area contributed by atoms with Gasteiger partial charge in [-0.1, -0.05) is 30.3 Å². The number of ketones is 1. The molecule has 1 aromatic rings. The molecule has 0 saturated heterocycles. The fourth-order valence-electron chi connectivity index (χ4n) is 1.38. The van der Waals surface area contributed by atoms with E-state index in [0.717, 1.165) is 5.56 Å². The van der Waals surface area contributed by atoms with Crippen LogP contribution in [0.25, 0.3) is 6.08 Å². The van der Waals surface area contributed by atoms with Gasteiger partial charge in [0, 0.05) is 0 Å². The van der Waals surface area contributed by atoms with Crippen molar-refractivity contribution in [3.05, 3.63) is 41.7 Å². The number of benzene rings is 1. The van der Waals surface area contributed by atoms with E-state index in [0.29, 0.717) is 0 Å². The van der Waals surface area contributed by atoms with Crippen molar-refractivity contribution in [3.63, 3.8) is 0 Å². The Bertz CT molecular complexity index is 434. The van der Waals surface area contributed by atoms with Crippen molar-refractivity contribution in [1.82, 2.24) is 0 Å². The van der Waals surface area contributed by atoms with Crippen molar-refractivity contribution in [2.75, 3.05) is 13.7 Å². The maximum Gasteiger partial charge on any atom is 0.313 e. The number of rotatable bonds is 6. The molecule has 0 heterocycles. The summed E-state index contributed by atoms with van der Waals surface area (Å²) in [6.45, 7) is 1.95. The molecule has 1 aromatic carbocycles. The lowest BCUT2D eigenvalue weighted by Crippen LogP contribution is -2.13. The van der Waals surface area contributed by atoms with Gasteiger partial charge in [0.05, 0.1) is 13.7 Å². The lowest BCUT2D eigenvalue weighted by atomic mass is 10.1. The van der Waals surface area contributed by atoms with Crippen LogP contribution in [0.1, 0.15) is 18.9 Å². The summed E-state index contributed by atoms with van der Waals surface area (Å²) in [6.07, 6.45) is 1.29. The second-order valence-electron chi connectivity index (χ2n) is 3.53. The largest absolute Gasteiger partial charge is 0.493 e. The van der Waals surface area contributed by atoms with Crippen LogP contribution in [0.5, 0.6) is 0 Å². The van der Waals surface area contributed by atoms with Crippen molar-refractivity contribution >= 4 is 17.8 Å². The summed E-state index contributed by atoms with van der Waals surface area (Å²) in [4.78, 5) is 23.0. The maximum atomic E-state index is 11.8. The Kier molecular flexibility index (Phi) is 5.64. The van der Waals surface area contributed by atoms with Crippen LogP contribution in [0.3, 0.4) is 0 Å². The number of hydrogen-bond donors (Lipinski definition) is 0. The third-order valence-corrected chi connectivity index (χ3v) is 2.20. The van der Waals surface area contributed by atoms with Gasteiger partial charge in [0.2, 0.25) is 5.78 Å². The monoisotopic (exact) mass is 248 g/mol. The van der Waals surface area contributed by atoms with E-state index in [2.05, 4.69) is 0 Å². The topological polar surface area (TPSA) is 52.6 Å². The molecular weight excluding hydrogens is 232 g/mol. The molecule has 0 spiro atoms. The molecule has 0 bridgehead atoms. The predicted molar refractivity (Wildman–Crippen MR) is 67.7 cm³/mol. The molecule has 1 rings (SSSR count). The van der Waals surface area contributed by atoms with E-state index in [4.69, 9.17) is 9.47 Å². The van der Waals surface area contributed by atoms with Crippen molar-refractivity contribution in [2.45, 2.75) is 13.3 Å². The van der Waals surface area contributed by atoms with Gasteiger partial charge in [-0.05, 0) is 18.6 Å². The highest BCUT2D eigenvalue weighted by molar-refractivity contribution is 6.06. The molecule has 0 aliphatic carbocycles. The van der Waals surface area contributed by atoms with Crippen molar-refractivity contribution in [1.29, 1.82) is 0 Å². The summed E-state index contributed by atoms with van der Waals surface area (Å²) >= 11 is 0. The Labute approximate surface area is 106 Å². The van der Waals surface area contributed by atoms with Gasteiger partial charge in [0.1, 0.15) is 6.42 Å². The number of Topliss-reactive ketones (excluding diaryl/α,β-unsaturated/α-hetero) is 1. The first-order valence-corrected chi connectivity index (χ1v) is 5.67. The van der Waals surface area contributed by atoms with Crippen molar-refractivity contribution < 1.29 is 19.1 Å². The van der Waals surface area contributed by atoms with Gasteiger partial charge in [-0.15, -0.1) is 0 Å². The molecule has 0 fully saturated rings. The number of carbonyl (C=O) groups excluding carboxylic acids is 2. The highest BCUT2D eigenvalue weighted by Gasteiger charge is 2.15. The Morgan fingerprint density at radius 1 is 1.22 bits per heavy atom. The van der Waals surface area contributed by atoms with E-state index in [1.54, 1.807) is 13.0 Å². The van der Waals surface area contributed by atoms with Crippen LogP contribution in [0, 0.1) is 0 Å². The van der Waals surface area contributed by atoms with Crippen LogP contribution in [0.15, 0.2) is 36.1 Å². The molecule has 0 amide bonds. The molecule has 0 unspecified atom stereocenters. The zero-order valence-corrected chi connectivity index (χ0v) is 10.5. The van der Waals surface area contributed by atoms with Crippen LogP contribution < -0.4 is 0 Å². The molecule has 0 radical (unpaired) electrons. The number of ether oxygens (including phenoxy) is 2. The zero-order chi connectivity index (χ0) is 13.4. The van der Waals surface area contributed by atoms with Gasteiger partial charge in [-0.3, -0.25) is 9.59 Å². The zero-order valence-electron chi connectivity index (χ0n) is 10.5. The third kappa shape index (κ3) is 4.41. The lowest BCUT2D eigenvalue weighted by molar-refractivity contribution is -0.145. The Hall–Kier alpha value is -2.10. The predicted octanol–water partition coefficient (Wildman–Crippen LogP) is 2.20. The summed E-state index contributed by atoms with van der Waals surface area (Å²) in [6, 6.07) is 9.28. The van der Waals surface area contributed by atoms with E-state index in [1.807, 2.05) is 30.3 Å².